The van der Waals surface area contributed by atoms with Crippen LogP contribution in [0.2, 0.25) is 0 Å². The van der Waals surface area contributed by atoms with E-state index in [1.54, 1.807) is 0 Å². The molecule has 0 aliphatic heterocycles. The van der Waals surface area contributed by atoms with E-state index < -0.39 is 24.1 Å². The Morgan fingerprint density at radius 1 is 0.588 bits per heavy atom. The molecule has 0 aliphatic rings. The van der Waals surface area contributed by atoms with Gasteiger partial charge in [-0.1, -0.05) is 39.8 Å². The van der Waals surface area contributed by atoms with Crippen molar-refractivity contribution >= 4 is 71.6 Å². The zero-order valence-corrected chi connectivity index (χ0v) is 31.0. The summed E-state index contributed by atoms with van der Waals surface area (Å²) in [6.07, 6.45) is -1.84. The van der Waals surface area contributed by atoms with Gasteiger partial charge < -0.3 is 48.3 Å². The molecule has 0 radical (unpaired) electrons. The van der Waals surface area contributed by atoms with Crippen molar-refractivity contribution in [1.82, 2.24) is 0 Å². The molecule has 260 valence electrons. The molecule has 11 heteroatoms. The van der Waals surface area contributed by atoms with Crippen LogP contribution in [0.5, 0.6) is 11.5 Å². The fourth-order valence-electron chi connectivity index (χ4n) is 5.10. The Kier molecular flexibility index (Phi) is 13.7. The minimum atomic E-state index is -1.24. The summed E-state index contributed by atoms with van der Waals surface area (Å²) in [5.41, 5.74) is 4.00. The average molecular weight is 719 g/mol. The first-order valence-corrected chi connectivity index (χ1v) is 16.2. The first-order chi connectivity index (χ1) is 23.9. The largest absolute Gasteiger partial charge is 2.00 e. The number of carboxylic acids is 2. The third-order valence-corrected chi connectivity index (χ3v) is 8.10. The maximum atomic E-state index is 10.7. The van der Waals surface area contributed by atoms with Gasteiger partial charge in [-0.3, -0.25) is 0 Å². The zero-order valence-electron chi connectivity index (χ0n) is 28.8. The number of fused-ring (bicyclic) bond motifs is 2. The van der Waals surface area contributed by atoms with Gasteiger partial charge in [0.15, 0.2) is 0 Å². The maximum Gasteiger partial charge on any atom is 2.00 e. The molecule has 2 N–H and O–H groups in total. The molecule has 6 aromatic rings. The van der Waals surface area contributed by atoms with Crippen LogP contribution in [0, 0.1) is 0 Å². The molecule has 2 unspecified atom stereocenters. The number of aliphatic hydroxyl groups excluding tert-OH is 2. The van der Waals surface area contributed by atoms with Crippen LogP contribution in [0.15, 0.2) is 106 Å². The molecule has 0 amide bonds. The quantitative estimate of drug-likeness (QED) is 0.150. The van der Waals surface area contributed by atoms with Gasteiger partial charge in [0.05, 0.1) is 11.9 Å². The molecule has 0 bridgehead atoms. The second kappa shape index (κ2) is 17.7. The summed E-state index contributed by atoms with van der Waals surface area (Å²) in [5.74, 6) is 0.137. The minimum absolute atomic E-state index is 0. The third-order valence-electron chi connectivity index (χ3n) is 8.10. The van der Waals surface area contributed by atoms with Gasteiger partial charge >= 0.3 is 37.7 Å². The fraction of sp³-hybridized carbons (Fsp3) is 0.250. The Labute approximate surface area is 325 Å². The van der Waals surface area contributed by atoms with Gasteiger partial charge in [0.2, 0.25) is 0 Å². The molecule has 51 heavy (non-hydrogen) atoms. The topological polar surface area (TPSA) is 165 Å². The van der Waals surface area contributed by atoms with Gasteiger partial charge in [-0.05, 0) is 119 Å². The molecule has 4 aromatic carbocycles. The van der Waals surface area contributed by atoms with Crippen LogP contribution in [0.4, 0.5) is 0 Å². The van der Waals surface area contributed by atoms with Crippen molar-refractivity contribution in [1.29, 1.82) is 0 Å². The zero-order chi connectivity index (χ0) is 35.9. The molecular formula is C40H38CaO10. The Morgan fingerprint density at radius 2 is 0.941 bits per heavy atom. The molecule has 0 aliphatic carbocycles. The number of hydrogen-bond donors (Lipinski definition) is 2. The SMILES string of the molecule is CC(C)c1ccc2oc(C(O)COc3ccc(C(=O)[O-])cc3)cc2c1.CC(C)c1ccc2oc(C(O)COc3ccc(C(=O)[O-])cc3)cc2c1.[Ca+2]. The number of rotatable bonds is 12. The van der Waals surface area contributed by atoms with Crippen molar-refractivity contribution in [2.45, 2.75) is 51.7 Å². The van der Waals surface area contributed by atoms with Crippen LogP contribution in [0.3, 0.4) is 0 Å². The summed E-state index contributed by atoms with van der Waals surface area (Å²) in [6, 6.07) is 27.2. The standard InChI is InChI=1S/2C20H20O5.Ca/c2*1-12(2)14-5-8-18-15(9-14)10-19(25-18)17(21)11-24-16-6-3-13(4-7-16)20(22)23;/h2*3-10,12,17,21H,11H2,1-2H3,(H,22,23);/q;;+2/p-2. The molecule has 10 nitrogen and oxygen atoms in total. The Bertz CT molecular complexity index is 1910. The van der Waals surface area contributed by atoms with E-state index in [2.05, 4.69) is 39.8 Å². The average Bonchev–Trinajstić information content (AvgIpc) is 3.74. The van der Waals surface area contributed by atoms with E-state index in [1.807, 2.05) is 36.4 Å². The molecule has 2 atom stereocenters. The van der Waals surface area contributed by atoms with Crippen LogP contribution in [0.25, 0.3) is 21.9 Å². The number of carbonyl (C=O) groups is 2. The number of carbonyl (C=O) groups excluding carboxylic acids is 2. The van der Waals surface area contributed by atoms with Gasteiger partial charge in [-0.15, -0.1) is 0 Å². The molecule has 2 heterocycles. The van der Waals surface area contributed by atoms with E-state index in [-0.39, 0.29) is 62.1 Å². The molecule has 0 saturated carbocycles. The van der Waals surface area contributed by atoms with E-state index in [0.717, 1.165) is 21.9 Å². The number of furan rings is 2. The summed E-state index contributed by atoms with van der Waals surface area (Å²) in [6.45, 7) is 8.49. The van der Waals surface area contributed by atoms with E-state index in [9.17, 15) is 30.0 Å². The van der Waals surface area contributed by atoms with Crippen molar-refractivity contribution in [2.75, 3.05) is 13.2 Å². The summed E-state index contributed by atoms with van der Waals surface area (Å²) >= 11 is 0. The first kappa shape index (κ1) is 39.5. The Hall–Kier alpha value is -4.32. The maximum absolute atomic E-state index is 10.7. The van der Waals surface area contributed by atoms with Gasteiger partial charge in [0.25, 0.3) is 0 Å². The van der Waals surface area contributed by atoms with Gasteiger partial charge in [0.1, 0.15) is 59.6 Å². The van der Waals surface area contributed by atoms with Crippen molar-refractivity contribution in [3.8, 4) is 11.5 Å². The normalized spacial score (nSPS) is 12.2. The van der Waals surface area contributed by atoms with Crippen molar-refractivity contribution in [3.05, 3.63) is 131 Å². The van der Waals surface area contributed by atoms with Crippen LogP contribution >= 0.6 is 0 Å². The van der Waals surface area contributed by atoms with Gasteiger partial charge in [-0.2, -0.15) is 0 Å². The number of ether oxygens (including phenoxy) is 2. The molecule has 0 spiro atoms. The van der Waals surface area contributed by atoms with Crippen molar-refractivity contribution in [3.63, 3.8) is 0 Å². The fourth-order valence-corrected chi connectivity index (χ4v) is 5.10. The molecule has 2 aromatic heterocycles. The van der Waals surface area contributed by atoms with Gasteiger partial charge in [0, 0.05) is 10.8 Å². The third kappa shape index (κ3) is 10.4. The summed E-state index contributed by atoms with van der Waals surface area (Å²) < 4.78 is 22.4. The van der Waals surface area contributed by atoms with E-state index in [0.29, 0.717) is 34.9 Å². The number of aliphatic hydroxyl groups is 2. The second-order valence-corrected chi connectivity index (χ2v) is 12.5. The molecule has 6 rings (SSSR count). The molecule has 0 saturated heterocycles. The monoisotopic (exact) mass is 718 g/mol. The number of hydrogen-bond acceptors (Lipinski definition) is 10. The summed E-state index contributed by atoms with van der Waals surface area (Å²) in [5, 5.41) is 43.9. The second-order valence-electron chi connectivity index (χ2n) is 12.5. The van der Waals surface area contributed by atoms with Crippen LogP contribution in [0.1, 0.15) is 95.1 Å². The Balaban J connectivity index is 0.000000224. The van der Waals surface area contributed by atoms with E-state index in [4.69, 9.17) is 18.3 Å². The van der Waals surface area contributed by atoms with Crippen LogP contribution in [-0.2, 0) is 0 Å². The minimum Gasteiger partial charge on any atom is -0.545 e. The predicted molar refractivity (Wildman–Crippen MR) is 189 cm³/mol. The Morgan fingerprint density at radius 3 is 1.25 bits per heavy atom. The predicted octanol–water partition coefficient (Wildman–Crippen LogP) is 5.68. The summed E-state index contributed by atoms with van der Waals surface area (Å²) in [7, 11) is 0. The van der Waals surface area contributed by atoms with Crippen LogP contribution < -0.4 is 19.7 Å². The summed E-state index contributed by atoms with van der Waals surface area (Å²) in [4.78, 5) is 21.4. The molecule has 0 fully saturated rings. The number of aromatic carboxylic acids is 2. The van der Waals surface area contributed by atoms with Gasteiger partial charge in [-0.25, -0.2) is 0 Å². The van der Waals surface area contributed by atoms with E-state index in [1.165, 1.54) is 59.7 Å². The molecular weight excluding hydrogens is 681 g/mol. The van der Waals surface area contributed by atoms with E-state index >= 15 is 0 Å². The number of carboxylic acid groups (broad SMARTS) is 2. The first-order valence-electron chi connectivity index (χ1n) is 16.2. The van der Waals surface area contributed by atoms with Crippen molar-refractivity contribution < 1.29 is 48.3 Å². The van der Waals surface area contributed by atoms with Crippen molar-refractivity contribution in [2.24, 2.45) is 0 Å². The smallest absolute Gasteiger partial charge is 0.545 e. The van der Waals surface area contributed by atoms with Crippen LogP contribution in [-0.4, -0.2) is 73.1 Å². The number of benzene rings is 4.